The lowest BCUT2D eigenvalue weighted by Crippen LogP contribution is -2.09. The molecule has 1 nitrogen and oxygen atoms in total. The van der Waals surface area contributed by atoms with Crippen molar-refractivity contribution in [3.63, 3.8) is 0 Å². The Morgan fingerprint density at radius 2 is 2.09 bits per heavy atom. The lowest BCUT2D eigenvalue weighted by molar-refractivity contribution is 0.0783. The number of rotatable bonds is 3. The molecule has 2 N–H and O–H groups in total. The van der Waals surface area contributed by atoms with Gasteiger partial charge < -0.3 is 5.73 Å². The highest BCUT2D eigenvalue weighted by Crippen LogP contribution is 2.36. The first-order valence-corrected chi connectivity index (χ1v) is 4.22. The summed E-state index contributed by atoms with van der Waals surface area (Å²) in [4.78, 5) is 0. The second-order valence-electron chi connectivity index (χ2n) is 3.35. The molecule has 1 aliphatic rings. The van der Waals surface area contributed by atoms with Gasteiger partial charge in [0.2, 0.25) is 6.43 Å². The predicted octanol–water partition coefficient (Wildman–Crippen LogP) is 2.02. The maximum Gasteiger partial charge on any atom is 0.241 e. The fourth-order valence-corrected chi connectivity index (χ4v) is 1.84. The zero-order valence-corrected chi connectivity index (χ0v) is 6.60. The topological polar surface area (TPSA) is 26.0 Å². The van der Waals surface area contributed by atoms with Gasteiger partial charge >= 0.3 is 0 Å². The van der Waals surface area contributed by atoms with Crippen LogP contribution in [-0.2, 0) is 0 Å². The SMILES string of the molecule is NCCC1CCC(C(F)F)C1. The van der Waals surface area contributed by atoms with Crippen molar-refractivity contribution in [2.45, 2.75) is 32.1 Å². The Morgan fingerprint density at radius 1 is 1.36 bits per heavy atom. The van der Waals surface area contributed by atoms with Crippen LogP contribution in [0.5, 0.6) is 0 Å². The number of hydrogen-bond acceptors (Lipinski definition) is 1. The Bertz CT molecular complexity index is 117. The van der Waals surface area contributed by atoms with E-state index in [-0.39, 0.29) is 5.92 Å². The molecule has 0 aromatic heterocycles. The maximum absolute atomic E-state index is 12.1. The van der Waals surface area contributed by atoms with Crippen LogP contribution in [0.2, 0.25) is 0 Å². The molecule has 0 saturated heterocycles. The van der Waals surface area contributed by atoms with E-state index in [2.05, 4.69) is 0 Å². The van der Waals surface area contributed by atoms with Gasteiger partial charge in [-0.25, -0.2) is 8.78 Å². The van der Waals surface area contributed by atoms with E-state index in [1.54, 1.807) is 0 Å². The van der Waals surface area contributed by atoms with Crippen molar-refractivity contribution < 1.29 is 8.78 Å². The van der Waals surface area contributed by atoms with Crippen molar-refractivity contribution in [1.82, 2.24) is 0 Å². The zero-order valence-electron chi connectivity index (χ0n) is 6.60. The number of hydrogen-bond donors (Lipinski definition) is 1. The molecular formula is C8H15F2N. The maximum atomic E-state index is 12.1. The molecule has 66 valence electrons. The van der Waals surface area contributed by atoms with Crippen LogP contribution >= 0.6 is 0 Å². The summed E-state index contributed by atoms with van der Waals surface area (Å²) in [5.74, 6) is 0.130. The molecule has 0 spiro atoms. The van der Waals surface area contributed by atoms with E-state index in [0.717, 1.165) is 12.8 Å². The molecular weight excluding hydrogens is 148 g/mol. The second kappa shape index (κ2) is 4.00. The van der Waals surface area contributed by atoms with Gasteiger partial charge in [-0.15, -0.1) is 0 Å². The van der Waals surface area contributed by atoms with Crippen molar-refractivity contribution in [2.75, 3.05) is 6.54 Å². The molecule has 1 fully saturated rings. The largest absolute Gasteiger partial charge is 0.330 e. The summed E-state index contributed by atoms with van der Waals surface area (Å²) in [7, 11) is 0. The first kappa shape index (κ1) is 8.91. The number of halogens is 2. The molecule has 1 rings (SSSR count). The van der Waals surface area contributed by atoms with Gasteiger partial charge in [-0.1, -0.05) is 0 Å². The van der Waals surface area contributed by atoms with Crippen molar-refractivity contribution in [3.8, 4) is 0 Å². The molecule has 0 radical (unpaired) electrons. The average molecular weight is 163 g/mol. The lowest BCUT2D eigenvalue weighted by Gasteiger charge is -2.08. The van der Waals surface area contributed by atoms with E-state index in [9.17, 15) is 8.78 Å². The highest BCUT2D eigenvalue weighted by molar-refractivity contribution is 4.76. The molecule has 0 aromatic rings. The van der Waals surface area contributed by atoms with Crippen LogP contribution < -0.4 is 5.73 Å². The third-order valence-corrected chi connectivity index (χ3v) is 2.51. The summed E-state index contributed by atoms with van der Waals surface area (Å²) in [5.41, 5.74) is 5.34. The van der Waals surface area contributed by atoms with E-state index < -0.39 is 6.43 Å². The van der Waals surface area contributed by atoms with Crippen molar-refractivity contribution >= 4 is 0 Å². The molecule has 0 bridgehead atoms. The first-order chi connectivity index (χ1) is 5.24. The standard InChI is InChI=1S/C8H15F2N/c9-8(10)7-2-1-6(5-7)3-4-11/h6-8H,1-5,11H2. The highest BCUT2D eigenvalue weighted by atomic mass is 19.3. The quantitative estimate of drug-likeness (QED) is 0.676. The molecule has 0 aromatic carbocycles. The van der Waals surface area contributed by atoms with Gasteiger partial charge in [0.25, 0.3) is 0 Å². The van der Waals surface area contributed by atoms with Gasteiger partial charge in [0.15, 0.2) is 0 Å². The third-order valence-electron chi connectivity index (χ3n) is 2.51. The second-order valence-corrected chi connectivity index (χ2v) is 3.35. The fourth-order valence-electron chi connectivity index (χ4n) is 1.84. The highest BCUT2D eigenvalue weighted by Gasteiger charge is 2.30. The Hall–Kier alpha value is -0.180. The van der Waals surface area contributed by atoms with Crippen LogP contribution in [0.15, 0.2) is 0 Å². The van der Waals surface area contributed by atoms with Crippen LogP contribution in [0.1, 0.15) is 25.7 Å². The normalized spacial score (nSPS) is 31.6. The summed E-state index contributed by atoms with van der Waals surface area (Å²) < 4.78 is 24.2. The first-order valence-electron chi connectivity index (χ1n) is 4.22. The molecule has 0 aliphatic heterocycles. The smallest absolute Gasteiger partial charge is 0.241 e. The number of alkyl halides is 2. The van der Waals surface area contributed by atoms with Gasteiger partial charge in [-0.2, -0.15) is 0 Å². The minimum atomic E-state index is -2.11. The molecule has 3 heteroatoms. The van der Waals surface area contributed by atoms with E-state index >= 15 is 0 Å². The fraction of sp³-hybridized carbons (Fsp3) is 1.00. The van der Waals surface area contributed by atoms with Crippen molar-refractivity contribution in [3.05, 3.63) is 0 Å². The summed E-state index contributed by atoms with van der Waals surface area (Å²) in [6, 6.07) is 0. The molecule has 2 unspecified atom stereocenters. The van der Waals surface area contributed by atoms with Crippen LogP contribution in [-0.4, -0.2) is 13.0 Å². The summed E-state index contributed by atoms with van der Waals surface area (Å²) in [6.45, 7) is 0.640. The predicted molar refractivity (Wildman–Crippen MR) is 40.5 cm³/mol. The van der Waals surface area contributed by atoms with Gasteiger partial charge in [-0.05, 0) is 38.1 Å². The molecule has 0 heterocycles. The summed E-state index contributed by atoms with van der Waals surface area (Å²) in [5, 5.41) is 0. The Morgan fingerprint density at radius 3 is 2.55 bits per heavy atom. The number of nitrogens with two attached hydrogens (primary N) is 1. The molecule has 1 aliphatic carbocycles. The van der Waals surface area contributed by atoms with E-state index in [0.29, 0.717) is 25.3 Å². The van der Waals surface area contributed by atoms with Gasteiger partial charge in [0.1, 0.15) is 0 Å². The van der Waals surface area contributed by atoms with E-state index in [1.165, 1.54) is 0 Å². The van der Waals surface area contributed by atoms with Crippen molar-refractivity contribution in [1.29, 1.82) is 0 Å². The Balaban J connectivity index is 2.23. The van der Waals surface area contributed by atoms with Gasteiger partial charge in [0.05, 0.1) is 0 Å². The van der Waals surface area contributed by atoms with Gasteiger partial charge in [-0.3, -0.25) is 0 Å². The van der Waals surface area contributed by atoms with Crippen LogP contribution in [0, 0.1) is 11.8 Å². The molecule has 2 atom stereocenters. The minimum Gasteiger partial charge on any atom is -0.330 e. The van der Waals surface area contributed by atoms with E-state index in [1.807, 2.05) is 0 Å². The molecule has 11 heavy (non-hydrogen) atoms. The van der Waals surface area contributed by atoms with Crippen LogP contribution in [0.3, 0.4) is 0 Å². The minimum absolute atomic E-state index is 0.341. The van der Waals surface area contributed by atoms with Crippen LogP contribution in [0.25, 0.3) is 0 Å². The lowest BCUT2D eigenvalue weighted by atomic mass is 10.0. The zero-order chi connectivity index (χ0) is 8.27. The Labute approximate surface area is 66.0 Å². The third kappa shape index (κ3) is 2.40. The Kier molecular flexibility index (Phi) is 3.24. The van der Waals surface area contributed by atoms with Gasteiger partial charge in [0, 0.05) is 5.92 Å². The molecule has 0 amide bonds. The summed E-state index contributed by atoms with van der Waals surface area (Å²) in [6.07, 6.45) is 1.14. The van der Waals surface area contributed by atoms with Crippen LogP contribution in [0.4, 0.5) is 8.78 Å². The molecule has 1 saturated carbocycles. The average Bonchev–Trinajstić information content (AvgIpc) is 2.37. The van der Waals surface area contributed by atoms with E-state index in [4.69, 9.17) is 5.73 Å². The summed E-state index contributed by atoms with van der Waals surface area (Å²) >= 11 is 0. The van der Waals surface area contributed by atoms with Crippen molar-refractivity contribution in [2.24, 2.45) is 17.6 Å². The monoisotopic (exact) mass is 163 g/mol.